The third kappa shape index (κ3) is 2.58. The lowest BCUT2D eigenvalue weighted by Crippen LogP contribution is -2.35. The molecule has 0 aromatic carbocycles. The molecule has 0 aromatic rings. The standard InChI is InChI=1S/C6H13NO2/c1-4(5(2)9)6(7)3-8/h3-6,9H,7H2,1-2H3. The zero-order chi connectivity index (χ0) is 7.44. The van der Waals surface area contributed by atoms with Gasteiger partial charge >= 0.3 is 0 Å². The second kappa shape index (κ2) is 3.58. The number of rotatable bonds is 3. The predicted molar refractivity (Wildman–Crippen MR) is 34.9 cm³/mol. The Morgan fingerprint density at radius 3 is 2.11 bits per heavy atom. The van der Waals surface area contributed by atoms with Gasteiger partial charge in [0.2, 0.25) is 0 Å². The number of carbonyl (C=O) groups is 1. The minimum Gasteiger partial charge on any atom is -0.393 e. The molecule has 3 unspecified atom stereocenters. The van der Waals surface area contributed by atoms with Gasteiger partial charge in [-0.15, -0.1) is 0 Å². The maximum Gasteiger partial charge on any atom is 0.137 e. The van der Waals surface area contributed by atoms with Crippen LogP contribution in [0.2, 0.25) is 0 Å². The van der Waals surface area contributed by atoms with Gasteiger partial charge in [0.1, 0.15) is 6.29 Å². The maximum absolute atomic E-state index is 10.0. The summed E-state index contributed by atoms with van der Waals surface area (Å²) >= 11 is 0. The fraction of sp³-hybridized carbons (Fsp3) is 0.833. The van der Waals surface area contributed by atoms with Crippen LogP contribution in [-0.2, 0) is 4.79 Å². The molecule has 0 amide bonds. The molecule has 3 N–H and O–H groups in total. The number of hydrogen-bond donors (Lipinski definition) is 2. The molecule has 0 spiro atoms. The number of carbonyl (C=O) groups excluding carboxylic acids is 1. The summed E-state index contributed by atoms with van der Waals surface area (Å²) in [4.78, 5) is 10.0. The first kappa shape index (κ1) is 8.59. The first-order valence-electron chi connectivity index (χ1n) is 2.98. The molecule has 3 heteroatoms. The van der Waals surface area contributed by atoms with Crippen molar-refractivity contribution in [3.63, 3.8) is 0 Å². The summed E-state index contributed by atoms with van der Waals surface area (Å²) in [6, 6.07) is -0.537. The van der Waals surface area contributed by atoms with Crippen molar-refractivity contribution in [3.8, 4) is 0 Å². The van der Waals surface area contributed by atoms with Crippen LogP contribution in [0.25, 0.3) is 0 Å². The first-order chi connectivity index (χ1) is 4.09. The quantitative estimate of drug-likeness (QED) is 0.509. The van der Waals surface area contributed by atoms with E-state index in [9.17, 15) is 4.79 Å². The van der Waals surface area contributed by atoms with Crippen molar-refractivity contribution in [2.24, 2.45) is 11.7 Å². The van der Waals surface area contributed by atoms with Gasteiger partial charge in [-0.2, -0.15) is 0 Å². The third-order valence-electron chi connectivity index (χ3n) is 1.53. The van der Waals surface area contributed by atoms with Crippen molar-refractivity contribution in [1.29, 1.82) is 0 Å². The number of aldehydes is 1. The zero-order valence-electron chi connectivity index (χ0n) is 5.74. The Bertz CT molecular complexity index is 93.1. The summed E-state index contributed by atoms with van der Waals surface area (Å²) in [7, 11) is 0. The maximum atomic E-state index is 10.0. The second-order valence-electron chi connectivity index (χ2n) is 2.31. The van der Waals surface area contributed by atoms with Crippen LogP contribution >= 0.6 is 0 Å². The fourth-order valence-electron chi connectivity index (χ4n) is 0.446. The van der Waals surface area contributed by atoms with Crippen molar-refractivity contribution < 1.29 is 9.90 Å². The highest BCUT2D eigenvalue weighted by atomic mass is 16.3. The Morgan fingerprint density at radius 2 is 2.00 bits per heavy atom. The van der Waals surface area contributed by atoms with Crippen LogP contribution in [-0.4, -0.2) is 23.5 Å². The minimum atomic E-state index is -0.537. The molecule has 3 atom stereocenters. The lowest BCUT2D eigenvalue weighted by Gasteiger charge is -2.16. The Morgan fingerprint density at radius 1 is 1.56 bits per heavy atom. The molecule has 0 aliphatic carbocycles. The third-order valence-corrected chi connectivity index (χ3v) is 1.53. The van der Waals surface area contributed by atoms with E-state index in [-0.39, 0.29) is 5.92 Å². The molecular formula is C6H13NO2. The van der Waals surface area contributed by atoms with Crippen LogP contribution in [0.5, 0.6) is 0 Å². The minimum absolute atomic E-state index is 0.150. The zero-order valence-corrected chi connectivity index (χ0v) is 5.74. The van der Waals surface area contributed by atoms with Crippen LogP contribution in [0, 0.1) is 5.92 Å². The van der Waals surface area contributed by atoms with Crippen LogP contribution in [0.3, 0.4) is 0 Å². The van der Waals surface area contributed by atoms with Crippen LogP contribution in [0.15, 0.2) is 0 Å². The normalized spacial score (nSPS) is 20.4. The summed E-state index contributed by atoms with van der Waals surface area (Å²) in [5, 5.41) is 8.88. The van der Waals surface area contributed by atoms with Crippen molar-refractivity contribution in [2.75, 3.05) is 0 Å². The molecule has 0 fully saturated rings. The Kier molecular flexibility index (Phi) is 3.42. The van der Waals surface area contributed by atoms with E-state index in [0.717, 1.165) is 0 Å². The summed E-state index contributed by atoms with van der Waals surface area (Å²) in [5.41, 5.74) is 5.29. The van der Waals surface area contributed by atoms with E-state index < -0.39 is 12.1 Å². The van der Waals surface area contributed by atoms with E-state index in [0.29, 0.717) is 6.29 Å². The first-order valence-corrected chi connectivity index (χ1v) is 2.98. The number of hydrogen-bond acceptors (Lipinski definition) is 3. The summed E-state index contributed by atoms with van der Waals surface area (Å²) in [6.07, 6.45) is 0.141. The highest BCUT2D eigenvalue weighted by molar-refractivity contribution is 5.57. The van der Waals surface area contributed by atoms with E-state index in [1.54, 1.807) is 13.8 Å². The molecule has 9 heavy (non-hydrogen) atoms. The monoisotopic (exact) mass is 131 g/mol. The van der Waals surface area contributed by atoms with Crippen LogP contribution in [0.1, 0.15) is 13.8 Å². The van der Waals surface area contributed by atoms with Gasteiger partial charge in [-0.25, -0.2) is 0 Å². The van der Waals surface area contributed by atoms with Gasteiger partial charge in [0, 0.05) is 5.92 Å². The van der Waals surface area contributed by atoms with E-state index >= 15 is 0 Å². The van der Waals surface area contributed by atoms with E-state index in [1.807, 2.05) is 0 Å². The van der Waals surface area contributed by atoms with Gasteiger partial charge in [-0.05, 0) is 6.92 Å². The molecule has 0 aromatic heterocycles. The van der Waals surface area contributed by atoms with Gasteiger partial charge in [0.25, 0.3) is 0 Å². The average Bonchev–Trinajstić information content (AvgIpc) is 1.84. The molecule has 0 radical (unpaired) electrons. The topological polar surface area (TPSA) is 63.3 Å². The van der Waals surface area contributed by atoms with E-state index in [1.165, 1.54) is 0 Å². The van der Waals surface area contributed by atoms with Crippen molar-refractivity contribution in [3.05, 3.63) is 0 Å². The smallest absolute Gasteiger partial charge is 0.137 e. The van der Waals surface area contributed by atoms with E-state index in [4.69, 9.17) is 10.8 Å². The molecule has 0 heterocycles. The molecule has 0 saturated carbocycles. The Labute approximate surface area is 54.9 Å². The number of nitrogens with two attached hydrogens (primary N) is 1. The molecule has 0 aliphatic rings. The van der Waals surface area contributed by atoms with Crippen molar-refractivity contribution >= 4 is 6.29 Å². The molecule has 0 saturated heterocycles. The van der Waals surface area contributed by atoms with Crippen LogP contribution < -0.4 is 5.73 Å². The molecule has 0 rings (SSSR count). The predicted octanol–water partition coefficient (Wildman–Crippen LogP) is -0.471. The molecule has 54 valence electrons. The number of aliphatic hydroxyl groups excluding tert-OH is 1. The van der Waals surface area contributed by atoms with Gasteiger partial charge < -0.3 is 15.6 Å². The second-order valence-corrected chi connectivity index (χ2v) is 2.31. The highest BCUT2D eigenvalue weighted by Gasteiger charge is 2.15. The summed E-state index contributed by atoms with van der Waals surface area (Å²) in [6.45, 7) is 3.36. The lowest BCUT2D eigenvalue weighted by atomic mass is 9.99. The van der Waals surface area contributed by atoms with E-state index in [2.05, 4.69) is 0 Å². The largest absolute Gasteiger partial charge is 0.393 e. The lowest BCUT2D eigenvalue weighted by molar-refractivity contribution is -0.110. The summed E-state index contributed by atoms with van der Waals surface area (Å²) in [5.74, 6) is -0.150. The average molecular weight is 131 g/mol. The Hall–Kier alpha value is -0.410. The van der Waals surface area contributed by atoms with Gasteiger partial charge in [-0.1, -0.05) is 6.92 Å². The molecule has 0 bridgehead atoms. The van der Waals surface area contributed by atoms with Gasteiger partial charge in [0.15, 0.2) is 0 Å². The van der Waals surface area contributed by atoms with Gasteiger partial charge in [-0.3, -0.25) is 0 Å². The van der Waals surface area contributed by atoms with Crippen molar-refractivity contribution in [1.82, 2.24) is 0 Å². The number of aliphatic hydroxyl groups is 1. The molecular weight excluding hydrogens is 118 g/mol. The highest BCUT2D eigenvalue weighted by Crippen LogP contribution is 2.03. The summed E-state index contributed by atoms with van der Waals surface area (Å²) < 4.78 is 0. The van der Waals surface area contributed by atoms with Gasteiger partial charge in [0.05, 0.1) is 12.1 Å². The molecule has 0 aliphatic heterocycles. The molecule has 3 nitrogen and oxygen atoms in total. The fourth-order valence-corrected chi connectivity index (χ4v) is 0.446. The SMILES string of the molecule is CC(O)C(C)C(N)C=O. The Balaban J connectivity index is 3.71. The van der Waals surface area contributed by atoms with Crippen LogP contribution in [0.4, 0.5) is 0 Å². The van der Waals surface area contributed by atoms with Crippen molar-refractivity contribution in [2.45, 2.75) is 26.0 Å².